The molecule has 0 aliphatic carbocycles. The largest absolute Gasteiger partial charge is 0.342 e. The van der Waals surface area contributed by atoms with E-state index in [0.29, 0.717) is 29.8 Å². The molecule has 0 spiro atoms. The van der Waals surface area contributed by atoms with Crippen molar-refractivity contribution in [3.05, 3.63) is 29.3 Å². The van der Waals surface area contributed by atoms with Crippen LogP contribution in [0.2, 0.25) is 5.02 Å². The molecule has 2 aliphatic rings. The van der Waals surface area contributed by atoms with Crippen molar-refractivity contribution in [3.63, 3.8) is 0 Å². The van der Waals surface area contributed by atoms with Crippen LogP contribution in [-0.2, 0) is 9.59 Å². The first-order valence-electron chi connectivity index (χ1n) is 8.28. The Hall–Kier alpha value is -1.55. The third-order valence-corrected chi connectivity index (χ3v) is 5.01. The molecule has 0 saturated carbocycles. The van der Waals surface area contributed by atoms with E-state index in [0.717, 1.165) is 18.8 Å². The van der Waals surface area contributed by atoms with Gasteiger partial charge in [-0.3, -0.25) is 9.59 Å². The number of anilines is 1. The van der Waals surface area contributed by atoms with Gasteiger partial charge in [-0.05, 0) is 36.5 Å². The first kappa shape index (κ1) is 16.3. The van der Waals surface area contributed by atoms with Crippen molar-refractivity contribution in [2.45, 2.75) is 26.7 Å². The summed E-state index contributed by atoms with van der Waals surface area (Å²) in [4.78, 5) is 28.8. The number of rotatable bonds is 2. The van der Waals surface area contributed by atoms with Gasteiger partial charge in [0, 0.05) is 36.8 Å². The Balaban J connectivity index is 1.70. The molecule has 3 rings (SSSR count). The lowest BCUT2D eigenvalue weighted by Crippen LogP contribution is -2.45. The van der Waals surface area contributed by atoms with Crippen molar-refractivity contribution in [2.75, 3.05) is 24.5 Å². The van der Waals surface area contributed by atoms with Gasteiger partial charge in [-0.1, -0.05) is 31.5 Å². The van der Waals surface area contributed by atoms with Gasteiger partial charge in [0.1, 0.15) is 0 Å². The van der Waals surface area contributed by atoms with Gasteiger partial charge in [0.25, 0.3) is 0 Å². The van der Waals surface area contributed by atoms with Crippen molar-refractivity contribution in [3.8, 4) is 0 Å². The van der Waals surface area contributed by atoms with Gasteiger partial charge in [-0.15, -0.1) is 0 Å². The standard InChI is InChI=1S/C18H23ClN2O2/c1-12-6-13(2)10-20(9-12)18(23)14-7-17(22)21(11-14)16-5-3-4-15(19)8-16/h3-5,8,12-14H,6-7,9-11H2,1-2H3. The zero-order valence-corrected chi connectivity index (χ0v) is 14.4. The summed E-state index contributed by atoms with van der Waals surface area (Å²) < 4.78 is 0. The Bertz CT molecular complexity index is 609. The van der Waals surface area contributed by atoms with Crippen molar-refractivity contribution >= 4 is 29.1 Å². The van der Waals surface area contributed by atoms with E-state index in [1.807, 2.05) is 17.0 Å². The molecule has 0 radical (unpaired) electrons. The minimum atomic E-state index is -0.237. The molecule has 23 heavy (non-hydrogen) atoms. The van der Waals surface area contributed by atoms with Crippen LogP contribution in [-0.4, -0.2) is 36.3 Å². The monoisotopic (exact) mass is 334 g/mol. The van der Waals surface area contributed by atoms with Crippen molar-refractivity contribution in [2.24, 2.45) is 17.8 Å². The molecule has 3 unspecified atom stereocenters. The summed E-state index contributed by atoms with van der Waals surface area (Å²) in [5.41, 5.74) is 0.776. The molecule has 2 saturated heterocycles. The number of nitrogens with zero attached hydrogens (tertiary/aromatic N) is 2. The predicted molar refractivity (Wildman–Crippen MR) is 91.4 cm³/mol. The zero-order valence-electron chi connectivity index (χ0n) is 13.7. The van der Waals surface area contributed by atoms with E-state index < -0.39 is 0 Å². The molecule has 0 bridgehead atoms. The summed E-state index contributed by atoms with van der Waals surface area (Å²) in [6, 6.07) is 7.25. The van der Waals surface area contributed by atoms with E-state index in [4.69, 9.17) is 11.6 Å². The van der Waals surface area contributed by atoms with Crippen LogP contribution in [0.25, 0.3) is 0 Å². The van der Waals surface area contributed by atoms with E-state index >= 15 is 0 Å². The number of carbonyl (C=O) groups is 2. The SMILES string of the molecule is CC1CC(C)CN(C(=O)C2CC(=O)N(c3cccc(Cl)c3)C2)C1. The number of carbonyl (C=O) groups excluding carboxylic acids is 2. The molecule has 3 atom stereocenters. The lowest BCUT2D eigenvalue weighted by atomic mass is 9.91. The van der Waals surface area contributed by atoms with Gasteiger partial charge in [-0.25, -0.2) is 0 Å². The number of amides is 2. The molecule has 1 aromatic carbocycles. The molecule has 1 aromatic rings. The topological polar surface area (TPSA) is 40.6 Å². The fourth-order valence-electron chi connectivity index (χ4n) is 3.87. The Morgan fingerprint density at radius 1 is 1.17 bits per heavy atom. The fourth-order valence-corrected chi connectivity index (χ4v) is 4.05. The average molecular weight is 335 g/mol. The van der Waals surface area contributed by atoms with E-state index in [9.17, 15) is 9.59 Å². The number of hydrogen-bond acceptors (Lipinski definition) is 2. The van der Waals surface area contributed by atoms with Crippen LogP contribution in [0.15, 0.2) is 24.3 Å². The van der Waals surface area contributed by atoms with E-state index in [2.05, 4.69) is 13.8 Å². The summed E-state index contributed by atoms with van der Waals surface area (Å²) in [7, 11) is 0. The molecule has 0 N–H and O–H groups in total. The summed E-state index contributed by atoms with van der Waals surface area (Å²) in [5.74, 6) is 0.955. The van der Waals surface area contributed by atoms with Crippen LogP contribution in [0, 0.1) is 17.8 Å². The lowest BCUT2D eigenvalue weighted by molar-refractivity contribution is -0.138. The fraction of sp³-hybridized carbons (Fsp3) is 0.556. The smallest absolute Gasteiger partial charge is 0.228 e. The molecule has 5 heteroatoms. The second kappa shape index (κ2) is 6.52. The first-order valence-corrected chi connectivity index (χ1v) is 8.66. The molecule has 2 amide bonds. The molecule has 2 heterocycles. The van der Waals surface area contributed by atoms with Crippen LogP contribution in [0.1, 0.15) is 26.7 Å². The van der Waals surface area contributed by atoms with Gasteiger partial charge in [0.05, 0.1) is 5.92 Å². The van der Waals surface area contributed by atoms with Crippen molar-refractivity contribution in [1.82, 2.24) is 4.90 Å². The molecule has 0 aromatic heterocycles. The summed E-state index contributed by atoms with van der Waals surface area (Å²) in [5, 5.41) is 0.601. The van der Waals surface area contributed by atoms with Crippen LogP contribution >= 0.6 is 11.6 Å². The quantitative estimate of drug-likeness (QED) is 0.833. The van der Waals surface area contributed by atoms with Crippen LogP contribution in [0.4, 0.5) is 5.69 Å². The van der Waals surface area contributed by atoms with Crippen LogP contribution in [0.5, 0.6) is 0 Å². The molecule has 2 fully saturated rings. The molecule has 2 aliphatic heterocycles. The van der Waals surface area contributed by atoms with Crippen LogP contribution < -0.4 is 4.90 Å². The third kappa shape index (κ3) is 3.52. The van der Waals surface area contributed by atoms with E-state index in [-0.39, 0.29) is 17.7 Å². The maximum atomic E-state index is 12.8. The van der Waals surface area contributed by atoms with Gasteiger partial charge in [-0.2, -0.15) is 0 Å². The minimum Gasteiger partial charge on any atom is -0.342 e. The number of benzene rings is 1. The number of hydrogen-bond donors (Lipinski definition) is 0. The maximum Gasteiger partial charge on any atom is 0.228 e. The highest BCUT2D eigenvalue weighted by molar-refractivity contribution is 6.30. The average Bonchev–Trinajstić information content (AvgIpc) is 2.87. The van der Waals surface area contributed by atoms with Gasteiger partial charge in [0.2, 0.25) is 11.8 Å². The van der Waals surface area contributed by atoms with Gasteiger partial charge in [0.15, 0.2) is 0 Å². The van der Waals surface area contributed by atoms with Crippen molar-refractivity contribution < 1.29 is 9.59 Å². The van der Waals surface area contributed by atoms with Crippen molar-refractivity contribution in [1.29, 1.82) is 0 Å². The highest BCUT2D eigenvalue weighted by atomic mass is 35.5. The zero-order chi connectivity index (χ0) is 16.6. The number of likely N-dealkylation sites (tertiary alicyclic amines) is 1. The Morgan fingerprint density at radius 3 is 2.52 bits per heavy atom. The summed E-state index contributed by atoms with van der Waals surface area (Å²) in [6.45, 7) is 6.45. The highest BCUT2D eigenvalue weighted by Crippen LogP contribution is 2.30. The molecular formula is C18H23ClN2O2. The Labute approximate surface area is 142 Å². The minimum absolute atomic E-state index is 0.00345. The normalized spacial score (nSPS) is 28.3. The van der Waals surface area contributed by atoms with Crippen LogP contribution in [0.3, 0.4) is 0 Å². The number of piperidine rings is 1. The predicted octanol–water partition coefficient (Wildman–Crippen LogP) is 3.20. The summed E-state index contributed by atoms with van der Waals surface area (Å²) >= 11 is 6.01. The molecule has 4 nitrogen and oxygen atoms in total. The third-order valence-electron chi connectivity index (χ3n) is 4.77. The van der Waals surface area contributed by atoms with E-state index in [1.165, 1.54) is 6.42 Å². The molecule has 124 valence electrons. The van der Waals surface area contributed by atoms with Gasteiger partial charge < -0.3 is 9.80 Å². The molecular weight excluding hydrogens is 312 g/mol. The van der Waals surface area contributed by atoms with Gasteiger partial charge >= 0.3 is 0 Å². The highest BCUT2D eigenvalue weighted by Gasteiger charge is 2.38. The first-order chi connectivity index (χ1) is 10.9. The van der Waals surface area contributed by atoms with E-state index in [1.54, 1.807) is 17.0 Å². The summed E-state index contributed by atoms with van der Waals surface area (Å²) in [6.07, 6.45) is 1.46. The Morgan fingerprint density at radius 2 is 1.87 bits per heavy atom. The second-order valence-corrected chi connectivity index (χ2v) is 7.51. The maximum absolute atomic E-state index is 12.8. The lowest BCUT2D eigenvalue weighted by Gasteiger charge is -2.36. The number of halogens is 1. The second-order valence-electron chi connectivity index (χ2n) is 7.07. The Kier molecular flexibility index (Phi) is 4.62.